The molecule has 0 bridgehead atoms. The zero-order chi connectivity index (χ0) is 35.5. The Bertz CT molecular complexity index is 3020. The lowest BCUT2D eigenvalue weighted by atomic mass is 10.0. The Hall–Kier alpha value is -6.42. The minimum Gasteiger partial charge on any atom is -0.310 e. The molecule has 2 aromatic heterocycles. The molecule has 0 amide bonds. The molecule has 0 aliphatic heterocycles. The summed E-state index contributed by atoms with van der Waals surface area (Å²) in [5.41, 5.74) is 8.05. The second kappa shape index (κ2) is 12.2. The van der Waals surface area contributed by atoms with Crippen molar-refractivity contribution in [2.75, 3.05) is 4.90 Å². The molecule has 2 nitrogen and oxygen atoms in total. The predicted molar refractivity (Wildman–Crippen MR) is 221 cm³/mol. The molecular weight excluding hydrogens is 637 g/mol. The van der Waals surface area contributed by atoms with E-state index in [0.717, 1.165) is 43.8 Å². The van der Waals surface area contributed by atoms with E-state index in [0.29, 0.717) is 5.56 Å². The second-order valence-corrected chi connectivity index (χ2v) is 13.8. The molecule has 0 fully saturated rings. The van der Waals surface area contributed by atoms with E-state index in [1.54, 1.807) is 11.3 Å². The molecule has 8 aromatic carbocycles. The third kappa shape index (κ3) is 4.93. The van der Waals surface area contributed by atoms with Crippen molar-refractivity contribution >= 4 is 93.3 Å². The predicted octanol–water partition coefficient (Wildman–Crippen LogP) is 13.9. The number of aromatic nitrogens is 1. The maximum absolute atomic E-state index is 9.20. The van der Waals surface area contributed by atoms with Gasteiger partial charge in [0, 0.05) is 58.8 Å². The van der Waals surface area contributed by atoms with Crippen molar-refractivity contribution in [1.82, 2.24) is 4.57 Å². The Kier molecular flexibility index (Phi) is 6.54. The van der Waals surface area contributed by atoms with Gasteiger partial charge in [-0.05, 0) is 65.7 Å². The summed E-state index contributed by atoms with van der Waals surface area (Å²) < 4.78 is 23.0. The molecule has 51 heavy (non-hydrogen) atoms. The van der Waals surface area contributed by atoms with Gasteiger partial charge in [0.15, 0.2) is 0 Å². The molecule has 0 aliphatic carbocycles. The third-order valence-corrected chi connectivity index (χ3v) is 11.0. The summed E-state index contributed by atoms with van der Waals surface area (Å²) in [7, 11) is 0. The van der Waals surface area contributed by atoms with Crippen LogP contribution in [0, 0.1) is 0 Å². The maximum Gasteiger partial charge on any atom is 0.0630 e. The molecular formula is C48H32N2S. The molecule has 10 rings (SSSR count). The van der Waals surface area contributed by atoms with E-state index >= 15 is 0 Å². The second-order valence-electron chi connectivity index (χ2n) is 12.8. The topological polar surface area (TPSA) is 8.17 Å². The molecule has 0 aliphatic rings. The SMILES string of the molecule is [2H]/C(=C(/[2H])c1cccc2c1sc1ccccc12)c1ccc(N(c2ccccc2)c2cc3c4ccccc4n(-c4ccccc4)c3c3ccccc23)cc1. The molecule has 0 atom stereocenters. The number of hydrogen-bond donors (Lipinski definition) is 0. The van der Waals surface area contributed by atoms with Crippen LogP contribution in [0.1, 0.15) is 13.9 Å². The van der Waals surface area contributed by atoms with Gasteiger partial charge in [0.1, 0.15) is 0 Å². The lowest BCUT2D eigenvalue weighted by molar-refractivity contribution is 1.19. The number of rotatable bonds is 6. The number of nitrogens with zero attached hydrogens (tertiary/aromatic N) is 2. The van der Waals surface area contributed by atoms with E-state index in [1.165, 1.54) is 37.3 Å². The first-order valence-electron chi connectivity index (χ1n) is 18.2. The van der Waals surface area contributed by atoms with E-state index in [9.17, 15) is 2.74 Å². The first-order chi connectivity index (χ1) is 26.2. The highest BCUT2D eigenvalue weighted by Crippen LogP contribution is 2.45. The highest BCUT2D eigenvalue weighted by Gasteiger charge is 2.21. The largest absolute Gasteiger partial charge is 0.310 e. The molecule has 240 valence electrons. The fourth-order valence-corrected chi connectivity index (χ4v) is 8.69. The Balaban J connectivity index is 1.15. The Labute approximate surface area is 303 Å². The summed E-state index contributed by atoms with van der Waals surface area (Å²) in [6, 6.07) is 63.7. The summed E-state index contributed by atoms with van der Waals surface area (Å²) in [5, 5.41) is 7.01. The standard InChI is InChI=1S/C48H32N2S/c1-3-15-35(16-4-1)49(37-30-27-33(28-31-37)26-29-34-14-13-23-42-40-21-10-12-25-46(40)51-48(34)42)45-32-43-39-20-9-11-24-44(39)50(36-17-5-2-6-18-36)47(43)41-22-8-7-19-38(41)45/h1-32H/b29-26+/i26D,29D. The van der Waals surface area contributed by atoms with Crippen molar-refractivity contribution in [3.63, 3.8) is 0 Å². The van der Waals surface area contributed by atoms with Crippen molar-refractivity contribution in [3.8, 4) is 5.69 Å². The van der Waals surface area contributed by atoms with Crippen LogP contribution in [-0.4, -0.2) is 4.57 Å². The van der Waals surface area contributed by atoms with Gasteiger partial charge in [-0.2, -0.15) is 0 Å². The van der Waals surface area contributed by atoms with Gasteiger partial charge in [0.2, 0.25) is 0 Å². The Morgan fingerprint density at radius 3 is 1.92 bits per heavy atom. The van der Waals surface area contributed by atoms with Crippen molar-refractivity contribution in [3.05, 3.63) is 193 Å². The van der Waals surface area contributed by atoms with Crippen LogP contribution in [0.4, 0.5) is 17.1 Å². The molecule has 0 unspecified atom stereocenters. The lowest BCUT2D eigenvalue weighted by Crippen LogP contribution is -2.10. The van der Waals surface area contributed by atoms with Crippen LogP contribution in [0.5, 0.6) is 0 Å². The minimum atomic E-state index is 0.202. The third-order valence-electron chi connectivity index (χ3n) is 9.79. The van der Waals surface area contributed by atoms with Crippen LogP contribution in [0.25, 0.3) is 70.5 Å². The van der Waals surface area contributed by atoms with E-state index in [-0.39, 0.29) is 12.1 Å². The van der Waals surface area contributed by atoms with Crippen molar-refractivity contribution in [2.45, 2.75) is 0 Å². The maximum atomic E-state index is 9.20. The fraction of sp³-hybridized carbons (Fsp3) is 0. The molecule has 2 heterocycles. The zero-order valence-corrected chi connectivity index (χ0v) is 28.4. The average molecular weight is 671 g/mol. The molecule has 0 saturated carbocycles. The normalized spacial score (nSPS) is 12.8. The summed E-state index contributed by atoms with van der Waals surface area (Å²) in [5.74, 6) is 0. The number of thiophene rings is 1. The zero-order valence-electron chi connectivity index (χ0n) is 29.6. The number of hydrogen-bond acceptors (Lipinski definition) is 2. The van der Waals surface area contributed by atoms with Gasteiger partial charge < -0.3 is 9.47 Å². The Morgan fingerprint density at radius 2 is 1.12 bits per heavy atom. The average Bonchev–Trinajstić information content (AvgIpc) is 3.78. The number of para-hydroxylation sites is 3. The summed E-state index contributed by atoms with van der Waals surface area (Å²) in [4.78, 5) is 2.31. The number of anilines is 3. The fourth-order valence-electron chi connectivity index (χ4n) is 7.52. The van der Waals surface area contributed by atoms with Gasteiger partial charge in [-0.3, -0.25) is 0 Å². The van der Waals surface area contributed by atoms with Crippen molar-refractivity contribution in [1.29, 1.82) is 0 Å². The van der Waals surface area contributed by atoms with Gasteiger partial charge in [-0.25, -0.2) is 0 Å². The van der Waals surface area contributed by atoms with Crippen LogP contribution in [0.15, 0.2) is 182 Å². The Morgan fingerprint density at radius 1 is 0.490 bits per heavy atom. The highest BCUT2D eigenvalue weighted by atomic mass is 32.1. The smallest absolute Gasteiger partial charge is 0.0630 e. The molecule has 0 N–H and O–H groups in total. The summed E-state index contributed by atoms with van der Waals surface area (Å²) in [6.07, 6.45) is 0. The number of fused-ring (bicyclic) bond motifs is 8. The van der Waals surface area contributed by atoms with Gasteiger partial charge >= 0.3 is 0 Å². The summed E-state index contributed by atoms with van der Waals surface area (Å²) >= 11 is 1.69. The first-order valence-corrected chi connectivity index (χ1v) is 18.0. The van der Waals surface area contributed by atoms with E-state index in [1.807, 2.05) is 30.3 Å². The molecule has 3 heteroatoms. The molecule has 0 spiro atoms. The quantitative estimate of drug-likeness (QED) is 0.160. The molecule has 0 saturated heterocycles. The minimum absolute atomic E-state index is 0.202. The molecule has 0 radical (unpaired) electrons. The van der Waals surface area contributed by atoms with Crippen LogP contribution < -0.4 is 4.90 Å². The van der Waals surface area contributed by atoms with Crippen LogP contribution >= 0.6 is 11.3 Å². The lowest BCUT2D eigenvalue weighted by Gasteiger charge is -2.27. The van der Waals surface area contributed by atoms with Crippen molar-refractivity contribution < 1.29 is 2.74 Å². The van der Waals surface area contributed by atoms with E-state index < -0.39 is 0 Å². The molecule has 10 aromatic rings. The van der Waals surface area contributed by atoms with Crippen LogP contribution in [-0.2, 0) is 0 Å². The number of benzene rings is 8. The van der Waals surface area contributed by atoms with Crippen molar-refractivity contribution in [2.24, 2.45) is 0 Å². The monoisotopic (exact) mass is 670 g/mol. The first kappa shape index (κ1) is 27.4. The van der Waals surface area contributed by atoms with E-state index in [4.69, 9.17) is 0 Å². The van der Waals surface area contributed by atoms with Crippen LogP contribution in [0.2, 0.25) is 0 Å². The highest BCUT2D eigenvalue weighted by molar-refractivity contribution is 7.26. The van der Waals surface area contributed by atoms with Crippen LogP contribution in [0.3, 0.4) is 0 Å². The van der Waals surface area contributed by atoms with Gasteiger partial charge in [-0.15, -0.1) is 11.3 Å². The summed E-state index contributed by atoms with van der Waals surface area (Å²) in [6.45, 7) is 0. The van der Waals surface area contributed by atoms with Gasteiger partial charge in [0.05, 0.1) is 19.5 Å². The van der Waals surface area contributed by atoms with Gasteiger partial charge in [0.25, 0.3) is 0 Å². The van der Waals surface area contributed by atoms with Gasteiger partial charge in [-0.1, -0.05) is 139 Å². The van der Waals surface area contributed by atoms with E-state index in [2.05, 4.69) is 161 Å².